The number of aromatic nitrogens is 2. The van der Waals surface area contributed by atoms with Gasteiger partial charge in [-0.15, -0.1) is 0 Å². The van der Waals surface area contributed by atoms with Gasteiger partial charge in [0.05, 0.1) is 36.6 Å². The molecule has 0 amide bonds. The highest BCUT2D eigenvalue weighted by Gasteiger charge is 2.27. The van der Waals surface area contributed by atoms with Crippen LogP contribution < -0.4 is 24.6 Å². The van der Waals surface area contributed by atoms with Gasteiger partial charge in [0.2, 0.25) is 16.0 Å². The highest BCUT2D eigenvalue weighted by Crippen LogP contribution is 2.35. The number of piperazine rings is 1. The van der Waals surface area contributed by atoms with Crippen LogP contribution in [0.1, 0.15) is 12.8 Å². The fraction of sp³-hybridized carbons (Fsp3) is 0.448. The van der Waals surface area contributed by atoms with E-state index in [1.807, 2.05) is 12.1 Å². The Morgan fingerprint density at radius 3 is 2.42 bits per heavy atom. The molecule has 14 heteroatoms. The molecule has 0 saturated carbocycles. The second kappa shape index (κ2) is 13.1. The Balaban J connectivity index is 1.29. The minimum atomic E-state index is -3.60. The number of likely N-dealkylation sites (N-methyl/N-ethyl adjacent to an activating group) is 1. The summed E-state index contributed by atoms with van der Waals surface area (Å²) in [5, 5.41) is 6.31. The van der Waals surface area contributed by atoms with Crippen molar-refractivity contribution in [1.82, 2.24) is 19.8 Å². The van der Waals surface area contributed by atoms with Crippen LogP contribution in [0.25, 0.3) is 0 Å². The summed E-state index contributed by atoms with van der Waals surface area (Å²) >= 11 is 6.37. The molecule has 232 valence electrons. The quantitative estimate of drug-likeness (QED) is 0.353. The number of ether oxygens (including phenoxy) is 1. The molecule has 11 nitrogen and oxygen atoms in total. The number of piperidine rings is 1. The van der Waals surface area contributed by atoms with Crippen LogP contribution in [0.15, 0.2) is 42.6 Å². The van der Waals surface area contributed by atoms with Crippen molar-refractivity contribution in [3.8, 4) is 5.75 Å². The number of sulfonamides is 1. The molecular weight excluding hydrogens is 595 g/mol. The predicted molar refractivity (Wildman–Crippen MR) is 171 cm³/mol. The number of nitrogens with zero attached hydrogens (tertiary/aromatic N) is 6. The Morgan fingerprint density at radius 2 is 1.74 bits per heavy atom. The smallest absolute Gasteiger partial charge is 0.232 e. The van der Waals surface area contributed by atoms with E-state index in [0.717, 1.165) is 68.4 Å². The maximum Gasteiger partial charge on any atom is 0.232 e. The van der Waals surface area contributed by atoms with Crippen molar-refractivity contribution in [2.24, 2.45) is 0 Å². The van der Waals surface area contributed by atoms with Gasteiger partial charge in [-0.3, -0.25) is 9.21 Å². The van der Waals surface area contributed by atoms with Crippen LogP contribution in [0.5, 0.6) is 5.75 Å². The van der Waals surface area contributed by atoms with Crippen LogP contribution in [0, 0.1) is 5.82 Å². The molecule has 2 N–H and O–H groups in total. The first-order chi connectivity index (χ1) is 20.5. The number of rotatable bonds is 9. The van der Waals surface area contributed by atoms with E-state index < -0.39 is 15.8 Å². The van der Waals surface area contributed by atoms with E-state index in [-0.39, 0.29) is 28.2 Å². The lowest BCUT2D eigenvalue weighted by atomic mass is 10.0. The average Bonchev–Trinajstić information content (AvgIpc) is 2.99. The van der Waals surface area contributed by atoms with Gasteiger partial charge < -0.3 is 25.2 Å². The number of nitrogens with one attached hydrogen (secondary N) is 2. The van der Waals surface area contributed by atoms with Crippen molar-refractivity contribution in [3.63, 3.8) is 0 Å². The third kappa shape index (κ3) is 7.40. The molecule has 3 heterocycles. The molecule has 0 aliphatic carbocycles. The number of methoxy groups -OCH3 is 1. The summed E-state index contributed by atoms with van der Waals surface area (Å²) in [4.78, 5) is 16.2. The van der Waals surface area contributed by atoms with Crippen LogP contribution in [0.2, 0.25) is 5.02 Å². The highest BCUT2D eigenvalue weighted by molar-refractivity contribution is 7.92. The first-order valence-corrected chi connectivity index (χ1v) is 16.4. The van der Waals surface area contributed by atoms with Gasteiger partial charge in [0.1, 0.15) is 16.6 Å². The van der Waals surface area contributed by atoms with E-state index in [1.54, 1.807) is 7.11 Å². The van der Waals surface area contributed by atoms with E-state index in [1.165, 1.54) is 31.4 Å². The third-order valence-electron chi connectivity index (χ3n) is 8.11. The largest absolute Gasteiger partial charge is 0.494 e. The van der Waals surface area contributed by atoms with Crippen LogP contribution in [-0.2, 0) is 10.0 Å². The molecular formula is C29H38ClFN8O3S. The van der Waals surface area contributed by atoms with Crippen molar-refractivity contribution >= 4 is 56.1 Å². The molecule has 1 aromatic heterocycles. The lowest BCUT2D eigenvalue weighted by molar-refractivity contribution is 0.0982. The van der Waals surface area contributed by atoms with Gasteiger partial charge in [0.15, 0.2) is 5.82 Å². The molecule has 2 aromatic carbocycles. The molecule has 0 spiro atoms. The number of benzene rings is 2. The summed E-state index contributed by atoms with van der Waals surface area (Å²) in [7, 11) is 1.58. The molecule has 0 bridgehead atoms. The van der Waals surface area contributed by atoms with Gasteiger partial charge in [-0.25, -0.2) is 17.8 Å². The molecule has 0 atom stereocenters. The Kier molecular flexibility index (Phi) is 9.45. The summed E-state index contributed by atoms with van der Waals surface area (Å²) in [6, 6.07) is 10.4. The van der Waals surface area contributed by atoms with Gasteiger partial charge in [0, 0.05) is 64.1 Å². The lowest BCUT2D eigenvalue weighted by Gasteiger charge is -2.42. The zero-order chi connectivity index (χ0) is 30.7. The van der Waals surface area contributed by atoms with Crippen molar-refractivity contribution in [2.75, 3.05) is 86.6 Å². The molecule has 2 saturated heterocycles. The molecule has 2 fully saturated rings. The van der Waals surface area contributed by atoms with E-state index in [4.69, 9.17) is 16.3 Å². The summed E-state index contributed by atoms with van der Waals surface area (Å²) in [5.41, 5.74) is 2.16. The monoisotopic (exact) mass is 632 g/mol. The minimum absolute atomic E-state index is 0.171. The summed E-state index contributed by atoms with van der Waals surface area (Å²) in [6.45, 7) is 6.51. The molecule has 3 aromatic rings. The maximum atomic E-state index is 14.1. The Hall–Kier alpha value is -3.39. The Morgan fingerprint density at radius 1 is 1.02 bits per heavy atom. The van der Waals surface area contributed by atoms with Crippen molar-refractivity contribution < 1.29 is 17.5 Å². The van der Waals surface area contributed by atoms with E-state index in [0.29, 0.717) is 17.5 Å². The van der Waals surface area contributed by atoms with E-state index >= 15 is 0 Å². The van der Waals surface area contributed by atoms with Crippen LogP contribution in [0.3, 0.4) is 0 Å². The Bertz CT molecular complexity index is 1550. The minimum Gasteiger partial charge on any atom is -0.494 e. The van der Waals surface area contributed by atoms with Gasteiger partial charge in [-0.2, -0.15) is 4.98 Å². The second-order valence-corrected chi connectivity index (χ2v) is 13.4. The second-order valence-electron chi connectivity index (χ2n) is 11.0. The van der Waals surface area contributed by atoms with Gasteiger partial charge in [-0.05, 0) is 50.2 Å². The highest BCUT2D eigenvalue weighted by atomic mass is 35.5. The fourth-order valence-corrected chi connectivity index (χ4v) is 6.14. The summed E-state index contributed by atoms with van der Waals surface area (Å²) in [5.74, 6) is 0.478. The number of halogens is 2. The standard InChI is InChI=1S/C29H38ClFN8O3S/c1-36-13-15-39(16-14-36)21-9-11-38(12-10-21)22-6-7-24(27(18-22)42-3)34-29-32-19-23(30)28(35-29)33-25-17-20(31)5-8-26(25)37(2)43(4,40)41/h5-8,17-19,21H,9-16H2,1-4H3,(H2,32,33,34,35). The SMILES string of the molecule is COc1cc(N2CCC(N3CCN(C)CC3)CC2)ccc1Nc1ncc(Cl)c(Nc2cc(F)ccc2N(C)S(C)(=O)=O)n1. The van der Waals surface area contributed by atoms with Gasteiger partial charge in [0.25, 0.3) is 0 Å². The molecule has 2 aliphatic rings. The first-order valence-electron chi connectivity index (χ1n) is 14.2. The predicted octanol–water partition coefficient (Wildman–Crippen LogP) is 4.38. The summed E-state index contributed by atoms with van der Waals surface area (Å²) in [6.07, 6.45) is 4.74. The Labute approximate surface area is 257 Å². The van der Waals surface area contributed by atoms with Crippen LogP contribution in [0.4, 0.5) is 38.9 Å². The fourth-order valence-electron chi connectivity index (χ4n) is 5.48. The van der Waals surface area contributed by atoms with Crippen molar-refractivity contribution in [2.45, 2.75) is 18.9 Å². The van der Waals surface area contributed by atoms with Gasteiger partial charge >= 0.3 is 0 Å². The summed E-state index contributed by atoms with van der Waals surface area (Å²) < 4.78 is 45.2. The van der Waals surface area contributed by atoms with Crippen molar-refractivity contribution in [1.29, 1.82) is 0 Å². The first kappa shape index (κ1) is 31.0. The van der Waals surface area contributed by atoms with Crippen molar-refractivity contribution in [3.05, 3.63) is 53.4 Å². The number of hydrogen-bond donors (Lipinski definition) is 2. The molecule has 43 heavy (non-hydrogen) atoms. The number of anilines is 6. The average molecular weight is 633 g/mol. The van der Waals surface area contributed by atoms with Crippen LogP contribution in [-0.4, -0.2) is 101 Å². The van der Waals surface area contributed by atoms with Gasteiger partial charge in [-0.1, -0.05) is 11.6 Å². The van der Waals surface area contributed by atoms with E-state index in [2.05, 4.69) is 48.4 Å². The van der Waals surface area contributed by atoms with Crippen LogP contribution >= 0.6 is 11.6 Å². The normalized spacial score (nSPS) is 17.1. The molecule has 0 unspecified atom stereocenters. The number of hydrogen-bond acceptors (Lipinski definition) is 10. The zero-order valence-electron chi connectivity index (χ0n) is 24.8. The third-order valence-corrected chi connectivity index (χ3v) is 9.58. The zero-order valence-corrected chi connectivity index (χ0v) is 26.4. The molecule has 0 radical (unpaired) electrons. The molecule has 5 rings (SSSR count). The lowest BCUT2D eigenvalue weighted by Crippen LogP contribution is -2.52. The maximum absolute atomic E-state index is 14.1. The molecule has 2 aliphatic heterocycles. The topological polar surface area (TPSA) is 106 Å². The van der Waals surface area contributed by atoms with E-state index in [9.17, 15) is 12.8 Å².